The van der Waals surface area contributed by atoms with Crippen molar-refractivity contribution in [2.45, 2.75) is 185 Å². The van der Waals surface area contributed by atoms with Crippen LogP contribution in [0.3, 0.4) is 0 Å². The van der Waals surface area contributed by atoms with Gasteiger partial charge >= 0.3 is 0 Å². The number of ketones is 1. The van der Waals surface area contributed by atoms with Gasteiger partial charge in [-0.15, -0.1) is 0 Å². The number of methoxy groups -OCH3 is 1. The van der Waals surface area contributed by atoms with Crippen LogP contribution in [0, 0.1) is 17.8 Å². The summed E-state index contributed by atoms with van der Waals surface area (Å²) in [7, 11) is 2.69. The number of aliphatic hydroxyl groups excluding tert-OH is 2. The predicted octanol–water partition coefficient (Wildman–Crippen LogP) is 13.0. The summed E-state index contributed by atoms with van der Waals surface area (Å²) in [4.78, 5) is 35.8. The maximum absolute atomic E-state index is 12.6. The molecule has 362 valence electrons. The SMILES string of the molecule is C=C(/C=C\C=C/C)C(CCCC1=CC=CCC1)NC(=O)CCC(CC)CC(C)O.C=C/C=C(\C=C/C)C(C)=O.CC.CCC[C@H](NC(=O)C(C)[C@@H](CC)COC)C(C)=C(C)C.CO. The molecule has 4 N–H and O–H groups in total. The maximum atomic E-state index is 12.6. The quantitative estimate of drug-likeness (QED) is 0.0390. The summed E-state index contributed by atoms with van der Waals surface area (Å²) in [6, 6.07) is 0.139. The van der Waals surface area contributed by atoms with Crippen LogP contribution in [0.5, 0.6) is 0 Å². The molecule has 1 rings (SSSR count). The van der Waals surface area contributed by atoms with E-state index in [1.165, 1.54) is 23.6 Å². The number of carbonyl (C=O) groups excluding carboxylic acids is 3. The van der Waals surface area contributed by atoms with Crippen molar-refractivity contribution < 1.29 is 29.3 Å². The normalized spacial score (nSPS) is 14.9. The summed E-state index contributed by atoms with van der Waals surface area (Å²) in [5.41, 5.74) is 5.71. The summed E-state index contributed by atoms with van der Waals surface area (Å²) >= 11 is 0. The van der Waals surface area contributed by atoms with Gasteiger partial charge in [0, 0.05) is 44.8 Å². The number of carbonyl (C=O) groups is 3. The van der Waals surface area contributed by atoms with Gasteiger partial charge in [-0.2, -0.15) is 0 Å². The first-order valence-electron chi connectivity index (χ1n) is 23.7. The largest absolute Gasteiger partial charge is 0.400 e. The molecule has 8 heteroatoms. The Kier molecular flexibility index (Phi) is 46.7. The number of rotatable bonds is 26. The molecule has 0 radical (unpaired) electrons. The Labute approximate surface area is 388 Å². The summed E-state index contributed by atoms with van der Waals surface area (Å²) in [6.07, 6.45) is 32.5. The monoisotopic (exact) mass is 881 g/mol. The molecule has 0 bridgehead atoms. The smallest absolute Gasteiger partial charge is 0.223 e. The minimum atomic E-state index is -0.309. The zero-order valence-electron chi connectivity index (χ0n) is 42.9. The molecule has 0 aromatic carbocycles. The van der Waals surface area contributed by atoms with Gasteiger partial charge in [0.15, 0.2) is 5.78 Å². The van der Waals surface area contributed by atoms with Crippen LogP contribution in [0.4, 0.5) is 0 Å². The third-order valence-electron chi connectivity index (χ3n) is 10.8. The van der Waals surface area contributed by atoms with Gasteiger partial charge in [0.25, 0.3) is 0 Å². The molecule has 2 amide bonds. The zero-order valence-corrected chi connectivity index (χ0v) is 42.9. The first-order valence-corrected chi connectivity index (χ1v) is 23.7. The highest BCUT2D eigenvalue weighted by Crippen LogP contribution is 2.22. The first kappa shape index (κ1) is 65.8. The predicted molar refractivity (Wildman–Crippen MR) is 274 cm³/mol. The Bertz CT molecular complexity index is 1440. The number of amides is 2. The minimum absolute atomic E-state index is 0.00994. The number of nitrogens with one attached hydrogen (secondary N) is 2. The summed E-state index contributed by atoms with van der Waals surface area (Å²) < 4.78 is 5.22. The number of hydrogen-bond acceptors (Lipinski definition) is 6. The number of Topliss-reactive ketones (excluding diaryl/α,β-unsaturated/α-hetero) is 1. The van der Waals surface area contributed by atoms with Crippen LogP contribution < -0.4 is 10.6 Å². The van der Waals surface area contributed by atoms with Crippen molar-refractivity contribution in [3.05, 3.63) is 108 Å². The number of hydrogen-bond donors (Lipinski definition) is 4. The highest BCUT2D eigenvalue weighted by Gasteiger charge is 2.25. The van der Waals surface area contributed by atoms with Crippen molar-refractivity contribution in [2.24, 2.45) is 17.8 Å². The molecule has 0 saturated carbocycles. The molecule has 1 aliphatic carbocycles. The van der Waals surface area contributed by atoms with Crippen molar-refractivity contribution in [1.82, 2.24) is 10.6 Å². The Morgan fingerprint density at radius 1 is 0.905 bits per heavy atom. The van der Waals surface area contributed by atoms with E-state index >= 15 is 0 Å². The lowest BCUT2D eigenvalue weighted by Gasteiger charge is -2.26. The third kappa shape index (κ3) is 35.2. The summed E-state index contributed by atoms with van der Waals surface area (Å²) in [5.74, 6) is 0.965. The van der Waals surface area contributed by atoms with Gasteiger partial charge in [-0.05, 0) is 117 Å². The molecule has 0 saturated heterocycles. The zero-order chi connectivity index (χ0) is 49.2. The molecule has 1 aliphatic rings. The minimum Gasteiger partial charge on any atom is -0.400 e. The second-order valence-electron chi connectivity index (χ2n) is 16.0. The summed E-state index contributed by atoms with van der Waals surface area (Å²) in [5, 5.41) is 23.0. The number of aliphatic hydroxyl groups is 2. The van der Waals surface area contributed by atoms with E-state index < -0.39 is 0 Å². The van der Waals surface area contributed by atoms with Gasteiger partial charge in [0.2, 0.25) is 11.8 Å². The number of ether oxygens (including phenoxy) is 1. The maximum Gasteiger partial charge on any atom is 0.223 e. The number of allylic oxidation sites excluding steroid dienone is 13. The van der Waals surface area contributed by atoms with Crippen LogP contribution in [-0.4, -0.2) is 66.8 Å². The molecular formula is C55H96N2O6. The van der Waals surface area contributed by atoms with Crippen LogP contribution in [0.25, 0.3) is 0 Å². The van der Waals surface area contributed by atoms with Gasteiger partial charge in [0.1, 0.15) is 0 Å². The molecule has 0 heterocycles. The van der Waals surface area contributed by atoms with Crippen molar-refractivity contribution in [3.8, 4) is 0 Å². The van der Waals surface area contributed by atoms with Crippen molar-refractivity contribution in [2.75, 3.05) is 20.8 Å². The van der Waals surface area contributed by atoms with E-state index in [9.17, 15) is 19.5 Å². The van der Waals surface area contributed by atoms with Crippen LogP contribution in [0.15, 0.2) is 108 Å². The lowest BCUT2D eigenvalue weighted by atomic mass is 9.90. The molecule has 8 nitrogen and oxygen atoms in total. The molecule has 0 aliphatic heterocycles. The van der Waals surface area contributed by atoms with Gasteiger partial charge in [-0.25, -0.2) is 0 Å². The van der Waals surface area contributed by atoms with E-state index in [0.29, 0.717) is 24.5 Å². The molecule has 0 aromatic heterocycles. The summed E-state index contributed by atoms with van der Waals surface area (Å²) in [6.45, 7) is 34.3. The fourth-order valence-electron chi connectivity index (χ4n) is 6.70. The highest BCUT2D eigenvalue weighted by molar-refractivity contribution is 5.96. The van der Waals surface area contributed by atoms with Crippen LogP contribution >= 0.6 is 0 Å². The first-order chi connectivity index (χ1) is 30.1. The van der Waals surface area contributed by atoms with E-state index in [1.54, 1.807) is 25.3 Å². The van der Waals surface area contributed by atoms with E-state index in [1.807, 2.05) is 71.9 Å². The van der Waals surface area contributed by atoms with Crippen LogP contribution in [0.2, 0.25) is 0 Å². The van der Waals surface area contributed by atoms with Crippen LogP contribution in [0.1, 0.15) is 167 Å². The fraction of sp³-hybridized carbons (Fsp3) is 0.618. The van der Waals surface area contributed by atoms with Crippen molar-refractivity contribution in [3.63, 3.8) is 0 Å². The Balaban J connectivity index is -0.000000442. The van der Waals surface area contributed by atoms with Crippen molar-refractivity contribution >= 4 is 17.6 Å². The lowest BCUT2D eigenvalue weighted by Crippen LogP contribution is -2.41. The highest BCUT2D eigenvalue weighted by atomic mass is 16.5. The molecular weight excluding hydrogens is 785 g/mol. The van der Waals surface area contributed by atoms with E-state index in [0.717, 1.165) is 83.3 Å². The van der Waals surface area contributed by atoms with Crippen molar-refractivity contribution in [1.29, 1.82) is 0 Å². The van der Waals surface area contributed by atoms with Gasteiger partial charge < -0.3 is 25.6 Å². The Morgan fingerprint density at radius 3 is 2.02 bits per heavy atom. The van der Waals surface area contributed by atoms with Crippen LogP contribution in [-0.2, 0) is 19.1 Å². The van der Waals surface area contributed by atoms with Gasteiger partial charge in [0.05, 0.1) is 12.1 Å². The molecule has 0 spiro atoms. The van der Waals surface area contributed by atoms with Gasteiger partial charge in [-0.1, -0.05) is 158 Å². The third-order valence-corrected chi connectivity index (χ3v) is 10.8. The average molecular weight is 881 g/mol. The van der Waals surface area contributed by atoms with E-state index in [-0.39, 0.29) is 47.6 Å². The molecule has 0 fully saturated rings. The second-order valence-corrected chi connectivity index (χ2v) is 16.0. The fourth-order valence-corrected chi connectivity index (χ4v) is 6.70. The average Bonchev–Trinajstić information content (AvgIpc) is 3.27. The van der Waals surface area contributed by atoms with E-state index in [4.69, 9.17) is 9.84 Å². The lowest BCUT2D eigenvalue weighted by molar-refractivity contribution is -0.127. The topological polar surface area (TPSA) is 125 Å². The Hall–Kier alpha value is -3.85. The van der Waals surface area contributed by atoms with E-state index in [2.05, 4.69) is 83.6 Å². The molecule has 0 aromatic rings. The second kappa shape index (κ2) is 44.7. The molecule has 63 heavy (non-hydrogen) atoms. The standard InChI is InChI=1S/C26H41NO2.C17H33NO2.C9H12O.C2H6.CH4O/c1-5-7-9-13-21(3)25(17-12-16-24-14-10-8-11-15-24)27-26(29)19-18-23(6-2)20-22(4)28;1-8-10-16(13(5)12(3)4)18-17(19)14(6)15(9-2)11-20-7;1-4-6-9(7-5-2)8(3)10;2*1-2/h5,7-10,13-14,22-23,25,28H,3,6,11-12,15-20H2,1-2,4H3,(H,27,29);14-16H,8-11H2,1-7H3,(H,18,19);4-7H,1H2,2-3H3;1-2H3;2H,1H3/b7-5-,13-9-;;7-5-,9-6+;;/t;14?,15-,16-;;;/m.0.../s1. The Morgan fingerprint density at radius 2 is 1.56 bits per heavy atom. The molecule has 4 unspecified atom stereocenters. The molecule has 6 atom stereocenters. The van der Waals surface area contributed by atoms with Gasteiger partial charge in [-0.3, -0.25) is 14.4 Å².